The molecule has 2 amide bonds. The third-order valence-corrected chi connectivity index (χ3v) is 5.26. The Kier molecular flexibility index (Phi) is 6.22. The first-order valence-electron chi connectivity index (χ1n) is 7.53. The molecule has 8 heteroatoms. The fourth-order valence-electron chi connectivity index (χ4n) is 2.67. The summed E-state index contributed by atoms with van der Waals surface area (Å²) in [5, 5.41) is 1.11. The summed E-state index contributed by atoms with van der Waals surface area (Å²) in [6.45, 7) is 4.91. The highest BCUT2D eigenvalue weighted by atomic mass is 32.2. The van der Waals surface area contributed by atoms with E-state index in [1.54, 1.807) is 20.8 Å². The second kappa shape index (κ2) is 7.30. The van der Waals surface area contributed by atoms with E-state index in [0.29, 0.717) is 12.8 Å². The molecule has 7 nitrogen and oxygen atoms in total. The van der Waals surface area contributed by atoms with Crippen LogP contribution < -0.4 is 10.0 Å². The number of rotatable bonds is 4. The van der Waals surface area contributed by atoms with Crippen molar-refractivity contribution in [1.82, 2.24) is 10.0 Å². The molecule has 1 aliphatic carbocycles. The fourth-order valence-corrected chi connectivity index (χ4v) is 4.25. The van der Waals surface area contributed by atoms with Crippen LogP contribution in [0.4, 0.5) is 4.79 Å². The van der Waals surface area contributed by atoms with E-state index in [1.165, 1.54) is 7.05 Å². The molecule has 0 spiro atoms. The van der Waals surface area contributed by atoms with Gasteiger partial charge in [-0.15, -0.1) is 0 Å². The van der Waals surface area contributed by atoms with E-state index in [-0.39, 0.29) is 5.92 Å². The monoisotopic (exact) mass is 334 g/mol. The summed E-state index contributed by atoms with van der Waals surface area (Å²) < 4.78 is 31.7. The van der Waals surface area contributed by atoms with E-state index < -0.39 is 32.9 Å². The Morgan fingerprint density at radius 1 is 1.14 bits per heavy atom. The van der Waals surface area contributed by atoms with Crippen molar-refractivity contribution in [3.05, 3.63) is 0 Å². The molecule has 0 unspecified atom stereocenters. The summed E-state index contributed by atoms with van der Waals surface area (Å²) in [5.41, 5.74) is -0.813. The first-order chi connectivity index (χ1) is 10.1. The Hall–Kier alpha value is -1.31. The standard InChI is InChI=1S/C14H26N2O5S/c1-14(2,3)21-13(18)16-22(19,20)11(12(17)15-4)10-8-6-5-7-9-10/h10-11H,5-9H2,1-4H3,(H,15,17)(H,16,18)/t11-/m0/s1. The molecule has 0 aromatic rings. The minimum Gasteiger partial charge on any atom is -0.443 e. The molecular formula is C14H26N2O5S. The van der Waals surface area contributed by atoms with Crippen LogP contribution >= 0.6 is 0 Å². The summed E-state index contributed by atoms with van der Waals surface area (Å²) in [7, 11) is -2.75. The molecular weight excluding hydrogens is 308 g/mol. The summed E-state index contributed by atoms with van der Waals surface area (Å²) in [6, 6.07) is 0. The van der Waals surface area contributed by atoms with E-state index in [4.69, 9.17) is 4.74 Å². The molecule has 0 aromatic carbocycles. The smallest absolute Gasteiger partial charge is 0.421 e. The van der Waals surface area contributed by atoms with Crippen molar-refractivity contribution in [2.24, 2.45) is 5.92 Å². The Labute approximate surface area is 132 Å². The van der Waals surface area contributed by atoms with Crippen LogP contribution in [0.2, 0.25) is 0 Å². The van der Waals surface area contributed by atoms with Crippen molar-refractivity contribution in [3.63, 3.8) is 0 Å². The van der Waals surface area contributed by atoms with Gasteiger partial charge >= 0.3 is 6.09 Å². The fraction of sp³-hybridized carbons (Fsp3) is 0.857. The number of sulfonamides is 1. The molecule has 1 saturated carbocycles. The number of amides is 2. The average molecular weight is 334 g/mol. The van der Waals surface area contributed by atoms with E-state index in [2.05, 4.69) is 5.32 Å². The van der Waals surface area contributed by atoms with Crippen LogP contribution in [0, 0.1) is 5.92 Å². The molecule has 1 fully saturated rings. The Bertz CT molecular complexity index is 504. The molecule has 0 radical (unpaired) electrons. The number of carbonyl (C=O) groups excluding carboxylic acids is 2. The molecule has 0 aromatic heterocycles. The Balaban J connectivity index is 2.91. The number of ether oxygens (including phenoxy) is 1. The predicted molar refractivity (Wildman–Crippen MR) is 82.7 cm³/mol. The topological polar surface area (TPSA) is 102 Å². The average Bonchev–Trinajstić information content (AvgIpc) is 2.36. The van der Waals surface area contributed by atoms with Gasteiger partial charge in [-0.05, 0) is 39.5 Å². The van der Waals surface area contributed by atoms with Gasteiger partial charge < -0.3 is 10.1 Å². The van der Waals surface area contributed by atoms with Crippen molar-refractivity contribution in [1.29, 1.82) is 0 Å². The zero-order valence-corrected chi connectivity index (χ0v) is 14.5. The Morgan fingerprint density at radius 2 is 1.68 bits per heavy atom. The lowest BCUT2D eigenvalue weighted by molar-refractivity contribution is -0.121. The lowest BCUT2D eigenvalue weighted by Crippen LogP contribution is -2.51. The van der Waals surface area contributed by atoms with Gasteiger partial charge in [-0.2, -0.15) is 0 Å². The summed E-state index contributed by atoms with van der Waals surface area (Å²) in [5.74, 6) is -0.878. The maximum absolute atomic E-state index is 12.5. The highest BCUT2D eigenvalue weighted by Crippen LogP contribution is 2.29. The van der Waals surface area contributed by atoms with Gasteiger partial charge in [0.15, 0.2) is 5.25 Å². The first kappa shape index (κ1) is 18.7. The van der Waals surface area contributed by atoms with Crippen LogP contribution in [-0.4, -0.2) is 38.3 Å². The maximum atomic E-state index is 12.5. The van der Waals surface area contributed by atoms with Crippen LogP contribution in [0.25, 0.3) is 0 Å². The SMILES string of the molecule is CNC(=O)[C@H](C1CCCCC1)S(=O)(=O)NC(=O)OC(C)(C)C. The molecule has 0 bridgehead atoms. The molecule has 22 heavy (non-hydrogen) atoms. The van der Waals surface area contributed by atoms with E-state index in [1.807, 2.05) is 4.72 Å². The molecule has 1 aliphatic rings. The third kappa shape index (κ3) is 5.47. The quantitative estimate of drug-likeness (QED) is 0.812. The van der Waals surface area contributed by atoms with Crippen LogP contribution in [0.5, 0.6) is 0 Å². The second-order valence-corrected chi connectivity index (χ2v) is 8.38. The third-order valence-electron chi connectivity index (χ3n) is 3.54. The second-order valence-electron chi connectivity index (χ2n) is 6.58. The first-order valence-corrected chi connectivity index (χ1v) is 9.07. The minimum absolute atomic E-state index is 0.284. The minimum atomic E-state index is -4.14. The van der Waals surface area contributed by atoms with Gasteiger partial charge in [0.25, 0.3) is 0 Å². The molecule has 1 rings (SSSR count). The van der Waals surface area contributed by atoms with Crippen LogP contribution in [-0.2, 0) is 19.6 Å². The van der Waals surface area contributed by atoms with Crippen LogP contribution in [0.15, 0.2) is 0 Å². The lowest BCUT2D eigenvalue weighted by Gasteiger charge is -2.29. The zero-order valence-electron chi connectivity index (χ0n) is 13.6. The van der Waals surface area contributed by atoms with Crippen LogP contribution in [0.1, 0.15) is 52.9 Å². The molecule has 0 heterocycles. The Morgan fingerprint density at radius 3 is 2.14 bits per heavy atom. The van der Waals surface area contributed by atoms with E-state index in [0.717, 1.165) is 19.3 Å². The van der Waals surface area contributed by atoms with Crippen molar-refractivity contribution < 1.29 is 22.7 Å². The number of nitrogens with one attached hydrogen (secondary N) is 2. The highest BCUT2D eigenvalue weighted by Gasteiger charge is 2.41. The van der Waals surface area contributed by atoms with Gasteiger partial charge in [-0.25, -0.2) is 17.9 Å². The van der Waals surface area contributed by atoms with Gasteiger partial charge in [0, 0.05) is 7.05 Å². The van der Waals surface area contributed by atoms with Gasteiger partial charge in [-0.3, -0.25) is 4.79 Å². The van der Waals surface area contributed by atoms with Gasteiger partial charge in [0.1, 0.15) is 5.60 Å². The van der Waals surface area contributed by atoms with Gasteiger partial charge in [0.05, 0.1) is 0 Å². The maximum Gasteiger partial charge on any atom is 0.421 e. The summed E-state index contributed by atoms with van der Waals surface area (Å²) in [4.78, 5) is 23.8. The van der Waals surface area contributed by atoms with E-state index >= 15 is 0 Å². The lowest BCUT2D eigenvalue weighted by atomic mass is 9.86. The molecule has 1 atom stereocenters. The largest absolute Gasteiger partial charge is 0.443 e. The normalized spacial score (nSPS) is 18.4. The number of hydrogen-bond acceptors (Lipinski definition) is 5. The molecule has 0 saturated heterocycles. The molecule has 128 valence electrons. The summed E-state index contributed by atoms with van der Waals surface area (Å²) in [6.07, 6.45) is 3.08. The van der Waals surface area contributed by atoms with Crippen molar-refractivity contribution >= 4 is 22.0 Å². The highest BCUT2D eigenvalue weighted by molar-refractivity contribution is 7.91. The van der Waals surface area contributed by atoms with Gasteiger partial charge in [0.2, 0.25) is 15.9 Å². The molecule has 0 aliphatic heterocycles. The zero-order chi connectivity index (χ0) is 17.0. The van der Waals surface area contributed by atoms with Crippen molar-refractivity contribution in [2.75, 3.05) is 7.05 Å². The van der Waals surface area contributed by atoms with E-state index in [9.17, 15) is 18.0 Å². The number of carbonyl (C=O) groups is 2. The summed E-state index contributed by atoms with van der Waals surface area (Å²) >= 11 is 0. The van der Waals surface area contributed by atoms with Crippen molar-refractivity contribution in [2.45, 2.75) is 63.7 Å². The number of hydrogen-bond donors (Lipinski definition) is 2. The van der Waals surface area contributed by atoms with Crippen LogP contribution in [0.3, 0.4) is 0 Å². The van der Waals surface area contributed by atoms with Gasteiger partial charge in [-0.1, -0.05) is 19.3 Å². The predicted octanol–water partition coefficient (Wildman–Crippen LogP) is 1.54. The molecule has 2 N–H and O–H groups in total. The van der Waals surface area contributed by atoms with Crippen molar-refractivity contribution in [3.8, 4) is 0 Å².